The van der Waals surface area contributed by atoms with E-state index in [-0.39, 0.29) is 0 Å². The molecule has 0 radical (unpaired) electrons. The molecule has 0 bridgehead atoms. The first-order chi connectivity index (χ1) is 11.7. The summed E-state index contributed by atoms with van der Waals surface area (Å²) in [5, 5.41) is 4.17. The van der Waals surface area contributed by atoms with Crippen LogP contribution in [0.3, 0.4) is 0 Å². The van der Waals surface area contributed by atoms with Crippen LogP contribution in [0.25, 0.3) is 0 Å². The van der Waals surface area contributed by atoms with Gasteiger partial charge in [-0.2, -0.15) is 11.8 Å². The highest BCUT2D eigenvalue weighted by Gasteiger charge is 2.25. The average molecular weight is 350 g/mol. The van der Waals surface area contributed by atoms with E-state index in [2.05, 4.69) is 53.5 Å². The van der Waals surface area contributed by atoms with Crippen LogP contribution in [0.2, 0.25) is 0 Å². The van der Waals surface area contributed by atoms with Gasteiger partial charge in [-0.1, -0.05) is 13.8 Å². The van der Waals surface area contributed by atoms with Crippen LogP contribution in [0, 0.1) is 5.92 Å². The van der Waals surface area contributed by atoms with Gasteiger partial charge < -0.3 is 14.8 Å². The van der Waals surface area contributed by atoms with E-state index in [1.807, 2.05) is 0 Å². The topological polar surface area (TPSA) is 45.5 Å². The summed E-state index contributed by atoms with van der Waals surface area (Å²) in [4.78, 5) is 12.1. The van der Waals surface area contributed by atoms with Crippen molar-refractivity contribution >= 4 is 17.7 Å². The Labute approximate surface area is 150 Å². The lowest BCUT2D eigenvalue weighted by Gasteiger charge is -2.36. The van der Waals surface area contributed by atoms with Crippen molar-refractivity contribution in [3.05, 3.63) is 17.7 Å². The first kappa shape index (κ1) is 17.6. The molecule has 3 rings (SSSR count). The Hall–Kier alpha value is -1.17. The number of thioether (sulfide) groups is 1. The van der Waals surface area contributed by atoms with Crippen LogP contribution in [0.1, 0.15) is 45.1 Å². The molecule has 1 fully saturated rings. The highest BCUT2D eigenvalue weighted by Crippen LogP contribution is 2.25. The lowest BCUT2D eigenvalue weighted by Crippen LogP contribution is -2.49. The number of fused-ring (bicyclic) bond motifs is 1. The van der Waals surface area contributed by atoms with Crippen LogP contribution in [-0.4, -0.2) is 51.0 Å². The quantitative estimate of drug-likeness (QED) is 0.671. The predicted octanol–water partition coefficient (Wildman–Crippen LogP) is 2.76. The van der Waals surface area contributed by atoms with Crippen molar-refractivity contribution in [3.8, 4) is 0 Å². The molecule has 3 heterocycles. The maximum absolute atomic E-state index is 4.89. The average Bonchev–Trinajstić information content (AvgIpc) is 3.01. The number of nitrogens with one attached hydrogen (secondary N) is 1. The fraction of sp³-hybridized carbons (Fsp3) is 0.778. The van der Waals surface area contributed by atoms with Gasteiger partial charge in [0, 0.05) is 49.8 Å². The molecule has 24 heavy (non-hydrogen) atoms. The van der Waals surface area contributed by atoms with Crippen LogP contribution in [-0.2, 0) is 19.5 Å². The Morgan fingerprint density at radius 1 is 1.42 bits per heavy atom. The fourth-order valence-electron chi connectivity index (χ4n) is 3.40. The van der Waals surface area contributed by atoms with Crippen LogP contribution in [0.4, 0.5) is 0 Å². The van der Waals surface area contributed by atoms with Gasteiger partial charge in [-0.3, -0.25) is 0 Å². The summed E-state index contributed by atoms with van der Waals surface area (Å²) in [6.07, 6.45) is 5.86. The zero-order valence-electron chi connectivity index (χ0n) is 15.3. The molecule has 5 nitrogen and oxygen atoms in total. The standard InChI is InChI=1S/C18H31N5S/c1-4-19-18(23-9-10-24-16(13-23)14(2)3)20-11-15-12-22-8-6-5-7-17(22)21-15/h12,14,16H,4-11,13H2,1-3H3,(H,19,20). The Kier molecular flexibility index (Phi) is 6.09. The molecule has 0 amide bonds. The van der Waals surface area contributed by atoms with Gasteiger partial charge in [0.2, 0.25) is 0 Å². The molecule has 1 saturated heterocycles. The van der Waals surface area contributed by atoms with E-state index in [4.69, 9.17) is 9.98 Å². The van der Waals surface area contributed by atoms with Gasteiger partial charge in [-0.25, -0.2) is 9.98 Å². The zero-order valence-corrected chi connectivity index (χ0v) is 16.1. The van der Waals surface area contributed by atoms with Crippen LogP contribution >= 0.6 is 11.8 Å². The molecule has 1 atom stereocenters. The van der Waals surface area contributed by atoms with Crippen molar-refractivity contribution in [3.63, 3.8) is 0 Å². The maximum atomic E-state index is 4.89. The third-order valence-corrected chi connectivity index (χ3v) is 6.36. The molecule has 1 aromatic heterocycles. The number of hydrogen-bond donors (Lipinski definition) is 1. The Balaban J connectivity index is 1.68. The second-order valence-electron chi connectivity index (χ2n) is 7.07. The van der Waals surface area contributed by atoms with Crippen molar-refractivity contribution in [1.29, 1.82) is 0 Å². The van der Waals surface area contributed by atoms with Crippen molar-refractivity contribution < 1.29 is 0 Å². The summed E-state index contributed by atoms with van der Waals surface area (Å²) in [7, 11) is 0. The van der Waals surface area contributed by atoms with Crippen molar-refractivity contribution in [2.45, 2.75) is 58.4 Å². The molecule has 1 aromatic rings. The molecule has 2 aliphatic rings. The van der Waals surface area contributed by atoms with E-state index < -0.39 is 0 Å². The minimum Gasteiger partial charge on any atom is -0.357 e. The minimum atomic E-state index is 0.679. The number of aliphatic imine (C=N–C) groups is 1. The van der Waals surface area contributed by atoms with Gasteiger partial charge in [0.25, 0.3) is 0 Å². The fourth-order valence-corrected chi connectivity index (χ4v) is 4.70. The van der Waals surface area contributed by atoms with Crippen molar-refractivity contribution in [1.82, 2.24) is 19.8 Å². The molecule has 0 spiro atoms. The smallest absolute Gasteiger partial charge is 0.194 e. The second kappa shape index (κ2) is 8.28. The van der Waals surface area contributed by atoms with E-state index in [1.54, 1.807) is 0 Å². The van der Waals surface area contributed by atoms with Crippen molar-refractivity contribution in [2.75, 3.05) is 25.4 Å². The summed E-state index contributed by atoms with van der Waals surface area (Å²) < 4.78 is 2.31. The maximum Gasteiger partial charge on any atom is 0.194 e. The van der Waals surface area contributed by atoms with Crippen LogP contribution < -0.4 is 5.32 Å². The first-order valence-electron chi connectivity index (χ1n) is 9.37. The van der Waals surface area contributed by atoms with Crippen molar-refractivity contribution in [2.24, 2.45) is 10.9 Å². The highest BCUT2D eigenvalue weighted by molar-refractivity contribution is 8.00. The Morgan fingerprint density at radius 3 is 3.04 bits per heavy atom. The van der Waals surface area contributed by atoms with Gasteiger partial charge in [0.1, 0.15) is 5.82 Å². The molecule has 1 unspecified atom stereocenters. The molecule has 1 N–H and O–H groups in total. The number of aryl methyl sites for hydroxylation is 2. The van der Waals surface area contributed by atoms with E-state index in [0.717, 1.165) is 44.3 Å². The number of aromatic nitrogens is 2. The molecule has 0 aliphatic carbocycles. The molecule has 0 saturated carbocycles. The summed E-state index contributed by atoms with van der Waals surface area (Å²) >= 11 is 2.10. The summed E-state index contributed by atoms with van der Waals surface area (Å²) in [6, 6.07) is 0. The lowest BCUT2D eigenvalue weighted by atomic mass is 10.1. The Bertz CT molecular complexity index is 542. The number of guanidine groups is 1. The number of imidazole rings is 1. The Morgan fingerprint density at radius 2 is 2.29 bits per heavy atom. The molecular weight excluding hydrogens is 318 g/mol. The summed E-state index contributed by atoms with van der Waals surface area (Å²) in [5.41, 5.74) is 1.11. The van der Waals surface area contributed by atoms with Crippen LogP contribution in [0.5, 0.6) is 0 Å². The third-order valence-electron chi connectivity index (χ3n) is 4.82. The van der Waals surface area contributed by atoms with Gasteiger partial charge in [0.05, 0.1) is 12.2 Å². The largest absolute Gasteiger partial charge is 0.357 e. The van der Waals surface area contributed by atoms with Crippen LogP contribution in [0.15, 0.2) is 11.2 Å². The zero-order chi connectivity index (χ0) is 16.9. The molecule has 2 aliphatic heterocycles. The first-order valence-corrected chi connectivity index (χ1v) is 10.4. The normalized spacial score (nSPS) is 21.9. The van der Waals surface area contributed by atoms with E-state index in [1.165, 1.54) is 24.4 Å². The summed E-state index contributed by atoms with van der Waals surface area (Å²) in [5.74, 6) is 4.19. The number of rotatable bonds is 4. The van der Waals surface area contributed by atoms with Gasteiger partial charge in [0.15, 0.2) is 5.96 Å². The third kappa shape index (κ3) is 4.26. The summed E-state index contributed by atoms with van der Waals surface area (Å²) in [6.45, 7) is 11.7. The van der Waals surface area contributed by atoms with E-state index >= 15 is 0 Å². The lowest BCUT2D eigenvalue weighted by molar-refractivity contribution is 0.380. The van der Waals surface area contributed by atoms with Gasteiger partial charge in [-0.05, 0) is 25.7 Å². The molecule has 6 heteroatoms. The van der Waals surface area contributed by atoms with E-state index in [9.17, 15) is 0 Å². The molecule has 0 aromatic carbocycles. The SMILES string of the molecule is CCNC(=NCc1cn2c(n1)CCCC2)N1CCSC(C(C)C)C1. The van der Waals surface area contributed by atoms with Gasteiger partial charge in [-0.15, -0.1) is 0 Å². The second-order valence-corrected chi connectivity index (χ2v) is 8.42. The minimum absolute atomic E-state index is 0.679. The number of hydrogen-bond acceptors (Lipinski definition) is 3. The highest BCUT2D eigenvalue weighted by atomic mass is 32.2. The monoisotopic (exact) mass is 349 g/mol. The predicted molar refractivity (Wildman–Crippen MR) is 103 cm³/mol. The van der Waals surface area contributed by atoms with E-state index in [0.29, 0.717) is 17.7 Å². The van der Waals surface area contributed by atoms with Gasteiger partial charge >= 0.3 is 0 Å². The molecular formula is C18H31N5S. The number of nitrogens with zero attached hydrogens (tertiary/aromatic N) is 4. The molecule has 134 valence electrons.